The van der Waals surface area contributed by atoms with Crippen LogP contribution < -0.4 is 10.9 Å². The highest BCUT2D eigenvalue weighted by Crippen LogP contribution is 2.11. The molecule has 92 valence electrons. The number of nitrogens with one attached hydrogen (secondary N) is 1. The zero-order valence-electron chi connectivity index (χ0n) is 9.68. The minimum atomic E-state index is -0.245. The minimum absolute atomic E-state index is 0.125. The molecule has 0 saturated carbocycles. The Labute approximate surface area is 109 Å². The third-order valence-corrected chi connectivity index (χ3v) is 2.70. The van der Waals surface area contributed by atoms with Gasteiger partial charge in [0.05, 0.1) is 5.69 Å². The fraction of sp³-hybridized carbons (Fsp3) is 0.0769. The van der Waals surface area contributed by atoms with E-state index in [4.69, 9.17) is 11.6 Å². The first-order chi connectivity index (χ1) is 8.56. The molecule has 0 spiro atoms. The zero-order valence-corrected chi connectivity index (χ0v) is 10.4. The Balaban J connectivity index is 2.18. The van der Waals surface area contributed by atoms with Gasteiger partial charge in [-0.25, -0.2) is 0 Å². The molecule has 0 bridgehead atoms. The normalized spacial score (nSPS) is 10.1. The number of aryl methyl sites for hydroxylation is 1. The summed E-state index contributed by atoms with van der Waals surface area (Å²) in [6, 6.07) is 9.54. The Kier molecular flexibility index (Phi) is 3.48. The third kappa shape index (κ3) is 2.78. The maximum Gasteiger partial charge on any atom is 0.255 e. The van der Waals surface area contributed by atoms with E-state index in [9.17, 15) is 9.59 Å². The Morgan fingerprint density at radius 2 is 1.83 bits per heavy atom. The van der Waals surface area contributed by atoms with Gasteiger partial charge in [0.25, 0.3) is 5.91 Å². The van der Waals surface area contributed by atoms with Gasteiger partial charge in [-0.1, -0.05) is 11.6 Å². The smallest absolute Gasteiger partial charge is 0.255 e. The van der Waals surface area contributed by atoms with Crippen LogP contribution in [0.15, 0.2) is 47.4 Å². The molecule has 18 heavy (non-hydrogen) atoms. The lowest BCUT2D eigenvalue weighted by Crippen LogP contribution is -2.17. The van der Waals surface area contributed by atoms with Crippen molar-refractivity contribution in [2.75, 3.05) is 5.32 Å². The molecule has 0 saturated heterocycles. The molecule has 2 rings (SSSR count). The van der Waals surface area contributed by atoms with Gasteiger partial charge in [0.15, 0.2) is 0 Å². The molecule has 0 aliphatic rings. The predicted octanol–water partition coefficient (Wildman–Crippen LogP) is 2.29. The molecule has 1 amide bonds. The van der Waals surface area contributed by atoms with Crippen molar-refractivity contribution in [2.45, 2.75) is 0 Å². The molecule has 0 unspecified atom stereocenters. The van der Waals surface area contributed by atoms with Gasteiger partial charge < -0.3 is 9.88 Å². The van der Waals surface area contributed by atoms with Crippen molar-refractivity contribution in [3.63, 3.8) is 0 Å². The van der Waals surface area contributed by atoms with Gasteiger partial charge in [0.2, 0.25) is 5.56 Å². The summed E-state index contributed by atoms with van der Waals surface area (Å²) in [5.41, 5.74) is 0.949. The first kappa shape index (κ1) is 12.4. The number of amides is 1. The van der Waals surface area contributed by atoms with Crippen LogP contribution in [0.25, 0.3) is 0 Å². The average molecular weight is 263 g/mol. The lowest BCUT2D eigenvalue weighted by Gasteiger charge is -2.06. The van der Waals surface area contributed by atoms with Crippen molar-refractivity contribution < 1.29 is 4.79 Å². The fourth-order valence-corrected chi connectivity index (χ4v) is 1.60. The molecule has 2 aromatic rings. The number of hydrogen-bond donors (Lipinski definition) is 1. The number of carbonyl (C=O) groups is 1. The SMILES string of the molecule is Cn1cc(NC(=O)c2ccc(Cl)cc2)ccc1=O. The highest BCUT2D eigenvalue weighted by atomic mass is 35.5. The highest BCUT2D eigenvalue weighted by Gasteiger charge is 2.06. The van der Waals surface area contributed by atoms with Crippen molar-refractivity contribution in [2.24, 2.45) is 7.05 Å². The summed E-state index contributed by atoms with van der Waals surface area (Å²) in [6.07, 6.45) is 1.57. The van der Waals surface area contributed by atoms with Crippen molar-refractivity contribution in [1.29, 1.82) is 0 Å². The number of benzene rings is 1. The van der Waals surface area contributed by atoms with E-state index in [0.717, 1.165) is 0 Å². The Morgan fingerprint density at radius 1 is 1.17 bits per heavy atom. The van der Waals surface area contributed by atoms with Crippen LogP contribution >= 0.6 is 11.6 Å². The maximum atomic E-state index is 11.9. The molecule has 0 atom stereocenters. The van der Waals surface area contributed by atoms with Gasteiger partial charge in [-0.3, -0.25) is 9.59 Å². The monoisotopic (exact) mass is 262 g/mol. The summed E-state index contributed by atoms with van der Waals surface area (Å²) in [5.74, 6) is -0.245. The van der Waals surface area contributed by atoms with Crippen LogP contribution in [-0.4, -0.2) is 10.5 Å². The number of aromatic nitrogens is 1. The van der Waals surface area contributed by atoms with Crippen LogP contribution in [0.3, 0.4) is 0 Å². The Hall–Kier alpha value is -2.07. The van der Waals surface area contributed by atoms with Gasteiger partial charge in [-0.2, -0.15) is 0 Å². The van der Waals surface area contributed by atoms with E-state index in [1.807, 2.05) is 0 Å². The van der Waals surface area contributed by atoms with Gasteiger partial charge in [0.1, 0.15) is 0 Å². The van der Waals surface area contributed by atoms with E-state index in [1.54, 1.807) is 43.6 Å². The minimum Gasteiger partial charge on any atom is -0.321 e. The quantitative estimate of drug-likeness (QED) is 0.903. The van der Waals surface area contributed by atoms with Crippen molar-refractivity contribution in [1.82, 2.24) is 4.57 Å². The summed E-state index contributed by atoms with van der Waals surface area (Å²) in [7, 11) is 1.63. The van der Waals surface area contributed by atoms with Crippen molar-refractivity contribution >= 4 is 23.2 Å². The van der Waals surface area contributed by atoms with E-state index in [1.165, 1.54) is 10.6 Å². The largest absolute Gasteiger partial charge is 0.321 e. The molecule has 0 aliphatic carbocycles. The number of hydrogen-bond acceptors (Lipinski definition) is 2. The first-order valence-electron chi connectivity index (χ1n) is 5.30. The molecule has 0 fully saturated rings. The first-order valence-corrected chi connectivity index (χ1v) is 5.67. The molecule has 0 aliphatic heterocycles. The van der Waals surface area contributed by atoms with Gasteiger partial charge in [0, 0.05) is 29.9 Å². The van der Waals surface area contributed by atoms with Crippen molar-refractivity contribution in [3.05, 3.63) is 63.5 Å². The molecule has 5 heteroatoms. The summed E-state index contributed by atoms with van der Waals surface area (Å²) in [6.45, 7) is 0. The summed E-state index contributed by atoms with van der Waals surface area (Å²) < 4.78 is 1.40. The molecule has 1 aromatic heterocycles. The van der Waals surface area contributed by atoms with E-state index >= 15 is 0 Å². The number of anilines is 1. The standard InChI is InChI=1S/C13H11ClN2O2/c1-16-8-11(6-7-12(16)17)15-13(18)9-2-4-10(14)5-3-9/h2-8H,1H3,(H,15,18). The average Bonchev–Trinajstić information content (AvgIpc) is 2.34. The van der Waals surface area contributed by atoms with Gasteiger partial charge >= 0.3 is 0 Å². The highest BCUT2D eigenvalue weighted by molar-refractivity contribution is 6.30. The van der Waals surface area contributed by atoms with Gasteiger partial charge in [-0.15, -0.1) is 0 Å². The molecule has 1 heterocycles. The second-order valence-corrected chi connectivity index (χ2v) is 4.26. The molecule has 0 radical (unpaired) electrons. The number of rotatable bonds is 2. The lowest BCUT2D eigenvalue weighted by molar-refractivity contribution is 0.102. The maximum absolute atomic E-state index is 11.9. The van der Waals surface area contributed by atoms with E-state index in [2.05, 4.69) is 5.32 Å². The number of pyridine rings is 1. The van der Waals surface area contributed by atoms with E-state index in [-0.39, 0.29) is 11.5 Å². The van der Waals surface area contributed by atoms with Gasteiger partial charge in [-0.05, 0) is 30.3 Å². The number of nitrogens with zero attached hydrogens (tertiary/aromatic N) is 1. The molecule has 1 aromatic carbocycles. The summed E-state index contributed by atoms with van der Waals surface area (Å²) >= 11 is 5.74. The third-order valence-electron chi connectivity index (χ3n) is 2.45. The van der Waals surface area contributed by atoms with Crippen LogP contribution in [-0.2, 0) is 7.05 Å². The zero-order chi connectivity index (χ0) is 13.1. The molecule has 1 N–H and O–H groups in total. The van der Waals surface area contributed by atoms with Crippen LogP contribution in [0, 0.1) is 0 Å². The molecule has 4 nitrogen and oxygen atoms in total. The predicted molar refractivity (Wildman–Crippen MR) is 71.1 cm³/mol. The van der Waals surface area contributed by atoms with Crippen LogP contribution in [0.1, 0.15) is 10.4 Å². The molecular weight excluding hydrogens is 252 g/mol. The Bertz CT molecular complexity index is 632. The number of carbonyl (C=O) groups excluding carboxylic acids is 1. The fourth-order valence-electron chi connectivity index (χ4n) is 1.47. The van der Waals surface area contributed by atoms with E-state index in [0.29, 0.717) is 16.3 Å². The second kappa shape index (κ2) is 5.06. The van der Waals surface area contributed by atoms with E-state index < -0.39 is 0 Å². The van der Waals surface area contributed by atoms with Crippen LogP contribution in [0.4, 0.5) is 5.69 Å². The molecular formula is C13H11ClN2O2. The van der Waals surface area contributed by atoms with Crippen LogP contribution in [0.5, 0.6) is 0 Å². The summed E-state index contributed by atoms with van der Waals surface area (Å²) in [4.78, 5) is 23.1. The van der Waals surface area contributed by atoms with Crippen LogP contribution in [0.2, 0.25) is 5.02 Å². The number of halogens is 1. The topological polar surface area (TPSA) is 51.1 Å². The van der Waals surface area contributed by atoms with Crippen molar-refractivity contribution in [3.8, 4) is 0 Å². The lowest BCUT2D eigenvalue weighted by atomic mass is 10.2. The summed E-state index contributed by atoms with van der Waals surface area (Å²) in [5, 5.41) is 3.28. The Morgan fingerprint density at radius 3 is 2.44 bits per heavy atom. The second-order valence-electron chi connectivity index (χ2n) is 3.83.